The zero-order chi connectivity index (χ0) is 18.8. The van der Waals surface area contributed by atoms with Gasteiger partial charge in [-0.1, -0.05) is 18.2 Å². The smallest absolute Gasteiger partial charge is 0.241 e. The maximum absolute atomic E-state index is 14.0. The number of anilines is 1. The van der Waals surface area contributed by atoms with Gasteiger partial charge in [0.05, 0.1) is 11.7 Å². The van der Waals surface area contributed by atoms with E-state index in [1.807, 2.05) is 36.1 Å². The van der Waals surface area contributed by atoms with E-state index in [4.69, 9.17) is 0 Å². The Morgan fingerprint density at radius 3 is 2.67 bits per heavy atom. The molecule has 142 valence electrons. The van der Waals surface area contributed by atoms with Gasteiger partial charge in [-0.3, -0.25) is 14.7 Å². The highest BCUT2D eigenvalue weighted by Gasteiger charge is 2.33. The molecule has 1 aliphatic carbocycles. The summed E-state index contributed by atoms with van der Waals surface area (Å²) in [5.74, 6) is 0.640. The Labute approximate surface area is 159 Å². The van der Waals surface area contributed by atoms with E-state index >= 15 is 0 Å². The third-order valence-electron chi connectivity index (χ3n) is 5.63. The Kier molecular flexibility index (Phi) is 5.21. The largest absolute Gasteiger partial charge is 0.325 e. The molecule has 1 saturated heterocycles. The molecule has 0 spiro atoms. The van der Waals surface area contributed by atoms with E-state index in [1.165, 1.54) is 18.4 Å². The summed E-state index contributed by atoms with van der Waals surface area (Å²) in [6, 6.07) is 11.7. The molecule has 2 atom stereocenters. The van der Waals surface area contributed by atoms with E-state index in [9.17, 15) is 9.18 Å². The van der Waals surface area contributed by atoms with Crippen molar-refractivity contribution in [3.63, 3.8) is 0 Å². The molecule has 4 nitrogen and oxygen atoms in total. The van der Waals surface area contributed by atoms with Crippen molar-refractivity contribution in [2.24, 2.45) is 0 Å². The second-order valence-electron chi connectivity index (χ2n) is 7.77. The molecule has 2 heterocycles. The van der Waals surface area contributed by atoms with Crippen LogP contribution in [0, 0.1) is 6.92 Å². The third kappa shape index (κ3) is 4.35. The summed E-state index contributed by atoms with van der Waals surface area (Å²) < 4.78 is 14.0. The number of nitrogens with zero attached hydrogens (tertiary/aromatic N) is 2. The number of aromatic nitrogens is 1. The van der Waals surface area contributed by atoms with Gasteiger partial charge in [0, 0.05) is 25.0 Å². The summed E-state index contributed by atoms with van der Waals surface area (Å²) in [5.41, 5.74) is 4.12. The third-order valence-corrected chi connectivity index (χ3v) is 5.63. The van der Waals surface area contributed by atoms with Gasteiger partial charge in [0.25, 0.3) is 0 Å². The Hall–Kier alpha value is -2.27. The lowest BCUT2D eigenvalue weighted by atomic mass is 9.99. The fourth-order valence-corrected chi connectivity index (χ4v) is 3.82. The minimum absolute atomic E-state index is 0.0605. The van der Waals surface area contributed by atoms with Crippen molar-refractivity contribution in [1.82, 2.24) is 9.88 Å². The molecule has 0 radical (unpaired) electrons. The van der Waals surface area contributed by atoms with Crippen molar-refractivity contribution in [1.29, 1.82) is 0 Å². The lowest BCUT2D eigenvalue weighted by molar-refractivity contribution is -0.123. The Balaban J connectivity index is 1.45. The minimum atomic E-state index is -0.893. The van der Waals surface area contributed by atoms with E-state index in [0.717, 1.165) is 16.9 Å². The highest BCUT2D eigenvalue weighted by Crippen LogP contribution is 2.40. The Morgan fingerprint density at radius 1 is 1.19 bits per heavy atom. The molecule has 4 rings (SSSR count). The predicted octanol–water partition coefficient (Wildman–Crippen LogP) is 4.21. The standard InChI is InChI=1S/C22H26FN3O/c1-15-3-2-12-24-20(15)14-26-13-18(23)8-11-21(26)22(27)25-19-9-6-17(7-10-19)16-4-5-16/h2-3,6-7,9-10,12,16,18,21H,4-5,8,11,13-14H2,1H3,(H,25,27)/t18-,21-/m1/s1. The van der Waals surface area contributed by atoms with Crippen molar-refractivity contribution in [2.45, 2.75) is 57.3 Å². The molecule has 2 aliphatic rings. The van der Waals surface area contributed by atoms with Crippen molar-refractivity contribution >= 4 is 11.6 Å². The van der Waals surface area contributed by atoms with Crippen LogP contribution in [0.1, 0.15) is 48.4 Å². The van der Waals surface area contributed by atoms with Crippen molar-refractivity contribution < 1.29 is 9.18 Å². The van der Waals surface area contributed by atoms with Gasteiger partial charge in [0.15, 0.2) is 0 Å². The first-order valence-corrected chi connectivity index (χ1v) is 9.79. The molecule has 0 bridgehead atoms. The van der Waals surface area contributed by atoms with Crippen LogP contribution in [0.25, 0.3) is 0 Å². The Bertz CT molecular complexity index is 803. The molecule has 1 aromatic heterocycles. The number of benzene rings is 1. The number of aryl methyl sites for hydroxylation is 1. The van der Waals surface area contributed by atoms with Gasteiger partial charge in [-0.25, -0.2) is 4.39 Å². The molecule has 1 saturated carbocycles. The molecular weight excluding hydrogens is 341 g/mol. The number of pyridine rings is 1. The van der Waals surface area contributed by atoms with Gasteiger partial charge in [-0.2, -0.15) is 0 Å². The molecular formula is C22H26FN3O. The first-order valence-electron chi connectivity index (χ1n) is 9.79. The Morgan fingerprint density at radius 2 is 1.96 bits per heavy atom. The highest BCUT2D eigenvalue weighted by molar-refractivity contribution is 5.94. The molecule has 5 heteroatoms. The second kappa shape index (κ2) is 7.77. The van der Waals surface area contributed by atoms with Crippen LogP contribution in [-0.2, 0) is 11.3 Å². The van der Waals surface area contributed by atoms with Crippen LogP contribution >= 0.6 is 0 Å². The maximum Gasteiger partial charge on any atom is 0.241 e. The van der Waals surface area contributed by atoms with Crippen LogP contribution in [-0.4, -0.2) is 34.5 Å². The van der Waals surface area contributed by atoms with Crippen LogP contribution in [0.2, 0.25) is 0 Å². The van der Waals surface area contributed by atoms with E-state index in [-0.39, 0.29) is 18.5 Å². The van der Waals surface area contributed by atoms with Crippen molar-refractivity contribution in [3.05, 3.63) is 59.4 Å². The fourth-order valence-electron chi connectivity index (χ4n) is 3.82. The zero-order valence-electron chi connectivity index (χ0n) is 15.7. The summed E-state index contributed by atoms with van der Waals surface area (Å²) in [5, 5.41) is 3.02. The predicted molar refractivity (Wildman–Crippen MR) is 104 cm³/mol. The molecule has 27 heavy (non-hydrogen) atoms. The number of hydrogen-bond acceptors (Lipinski definition) is 3. The average Bonchev–Trinajstić information content (AvgIpc) is 3.49. The van der Waals surface area contributed by atoms with Crippen molar-refractivity contribution in [2.75, 3.05) is 11.9 Å². The summed E-state index contributed by atoms with van der Waals surface area (Å²) >= 11 is 0. The number of likely N-dealkylation sites (tertiary alicyclic amines) is 1. The number of halogens is 1. The van der Waals surface area contributed by atoms with Gasteiger partial charge >= 0.3 is 0 Å². The summed E-state index contributed by atoms with van der Waals surface area (Å²) in [7, 11) is 0. The molecule has 1 aromatic carbocycles. The summed E-state index contributed by atoms with van der Waals surface area (Å²) in [4.78, 5) is 19.2. The van der Waals surface area contributed by atoms with E-state index in [2.05, 4.69) is 22.4 Å². The molecule has 1 N–H and O–H groups in total. The molecule has 2 aromatic rings. The van der Waals surface area contributed by atoms with Crippen LogP contribution < -0.4 is 5.32 Å². The zero-order valence-corrected chi connectivity index (χ0v) is 15.7. The quantitative estimate of drug-likeness (QED) is 0.861. The van der Waals surface area contributed by atoms with E-state index in [1.54, 1.807) is 6.20 Å². The van der Waals surface area contributed by atoms with Crippen molar-refractivity contribution in [3.8, 4) is 0 Å². The SMILES string of the molecule is Cc1cccnc1CN1C[C@H](F)CC[C@@H]1C(=O)Nc1ccc(C2CC2)cc1. The van der Waals surface area contributed by atoms with Gasteiger partial charge in [-0.05, 0) is 67.9 Å². The molecule has 1 amide bonds. The first kappa shape index (κ1) is 18.1. The van der Waals surface area contributed by atoms with E-state index in [0.29, 0.717) is 25.3 Å². The number of piperidine rings is 1. The van der Waals surface area contributed by atoms with Gasteiger partial charge in [0.2, 0.25) is 5.91 Å². The first-order chi connectivity index (χ1) is 13.1. The minimum Gasteiger partial charge on any atom is -0.325 e. The number of rotatable bonds is 5. The van der Waals surface area contributed by atoms with Crippen LogP contribution in [0.5, 0.6) is 0 Å². The van der Waals surface area contributed by atoms with Gasteiger partial charge < -0.3 is 5.32 Å². The highest BCUT2D eigenvalue weighted by atomic mass is 19.1. The molecule has 1 aliphatic heterocycles. The number of alkyl halides is 1. The maximum atomic E-state index is 14.0. The van der Waals surface area contributed by atoms with E-state index < -0.39 is 6.17 Å². The number of nitrogens with one attached hydrogen (secondary N) is 1. The lowest BCUT2D eigenvalue weighted by Gasteiger charge is -2.36. The van der Waals surface area contributed by atoms with Gasteiger partial charge in [0.1, 0.15) is 6.17 Å². The van der Waals surface area contributed by atoms with Crippen LogP contribution in [0.15, 0.2) is 42.6 Å². The summed E-state index contributed by atoms with van der Waals surface area (Å²) in [6.45, 7) is 2.76. The molecule has 2 fully saturated rings. The van der Waals surface area contributed by atoms with Gasteiger partial charge in [-0.15, -0.1) is 0 Å². The topological polar surface area (TPSA) is 45.2 Å². The summed E-state index contributed by atoms with van der Waals surface area (Å²) in [6.07, 6.45) is 4.33. The number of carbonyl (C=O) groups excluding carboxylic acids is 1. The number of hydrogen-bond donors (Lipinski definition) is 1. The lowest BCUT2D eigenvalue weighted by Crippen LogP contribution is -2.50. The monoisotopic (exact) mass is 367 g/mol. The van der Waals surface area contributed by atoms with Crippen LogP contribution in [0.4, 0.5) is 10.1 Å². The number of carbonyl (C=O) groups is 1. The second-order valence-corrected chi connectivity index (χ2v) is 7.77. The fraction of sp³-hybridized carbons (Fsp3) is 0.455. The molecule has 0 unspecified atom stereocenters. The normalized spacial score (nSPS) is 23.2. The average molecular weight is 367 g/mol. The number of amides is 1. The van der Waals surface area contributed by atoms with Crippen LogP contribution in [0.3, 0.4) is 0 Å².